The average Bonchev–Trinajstić information content (AvgIpc) is 3.48. The Kier molecular flexibility index (Phi) is 4.26. The molecule has 5 rings (SSSR count). The maximum atomic E-state index is 4.82. The lowest BCUT2D eigenvalue weighted by Gasteiger charge is -2.17. The van der Waals surface area contributed by atoms with E-state index in [0.717, 1.165) is 28.4 Å². The summed E-state index contributed by atoms with van der Waals surface area (Å²) in [5, 5.41) is 0. The van der Waals surface area contributed by atoms with Crippen molar-refractivity contribution in [2.24, 2.45) is 0 Å². The molecule has 1 aliphatic rings. The van der Waals surface area contributed by atoms with Gasteiger partial charge in [-0.2, -0.15) is 11.8 Å². The molecule has 27 heavy (non-hydrogen) atoms. The van der Waals surface area contributed by atoms with Crippen LogP contribution < -0.4 is 0 Å². The molecule has 4 aromatic rings. The van der Waals surface area contributed by atoms with Gasteiger partial charge in [-0.1, -0.05) is 30.3 Å². The Morgan fingerprint density at radius 3 is 2.56 bits per heavy atom. The van der Waals surface area contributed by atoms with E-state index < -0.39 is 0 Å². The fraction of sp³-hybridized carbons (Fsp3) is 0.190. The average molecular weight is 373 g/mol. The topological polar surface area (TPSA) is 48.5 Å². The van der Waals surface area contributed by atoms with Gasteiger partial charge < -0.3 is 4.57 Å². The summed E-state index contributed by atoms with van der Waals surface area (Å²) >= 11 is 2.01. The Morgan fingerprint density at radius 1 is 0.926 bits per heavy atom. The molecule has 0 spiro atoms. The van der Waals surface area contributed by atoms with E-state index in [9.17, 15) is 0 Å². The highest BCUT2D eigenvalue weighted by Crippen LogP contribution is 2.38. The van der Waals surface area contributed by atoms with Crippen LogP contribution in [0, 0.1) is 0 Å². The van der Waals surface area contributed by atoms with Crippen LogP contribution in [0.15, 0.2) is 73.4 Å². The summed E-state index contributed by atoms with van der Waals surface area (Å²) in [6.07, 6.45) is 8.73. The lowest BCUT2D eigenvalue weighted by atomic mass is 10.1. The second kappa shape index (κ2) is 7.04. The van der Waals surface area contributed by atoms with Gasteiger partial charge in [0, 0.05) is 35.9 Å². The molecule has 4 heterocycles. The van der Waals surface area contributed by atoms with Crippen molar-refractivity contribution in [2.45, 2.75) is 12.5 Å². The van der Waals surface area contributed by atoms with E-state index in [0.29, 0.717) is 12.0 Å². The van der Waals surface area contributed by atoms with Crippen LogP contribution in [0.25, 0.3) is 28.6 Å². The Bertz CT molecular complexity index is 1030. The first kappa shape index (κ1) is 16.3. The Morgan fingerprint density at radius 2 is 1.78 bits per heavy atom. The molecule has 6 heteroatoms. The van der Waals surface area contributed by atoms with Gasteiger partial charge in [-0.25, -0.2) is 15.0 Å². The molecule has 0 saturated carbocycles. The minimum absolute atomic E-state index is 0.468. The molecule has 1 aliphatic heterocycles. The van der Waals surface area contributed by atoms with Crippen molar-refractivity contribution in [1.82, 2.24) is 24.1 Å². The van der Waals surface area contributed by atoms with Crippen molar-refractivity contribution in [3.63, 3.8) is 0 Å². The third-order valence-corrected chi connectivity index (χ3v) is 6.04. The maximum absolute atomic E-state index is 4.82. The Hall–Kier alpha value is -2.86. The molecule has 0 N–H and O–H groups in total. The van der Waals surface area contributed by atoms with Crippen LogP contribution in [0.1, 0.15) is 12.5 Å². The highest BCUT2D eigenvalue weighted by molar-refractivity contribution is 7.99. The van der Waals surface area contributed by atoms with Gasteiger partial charge in [0.1, 0.15) is 0 Å². The Labute approximate surface area is 162 Å². The van der Waals surface area contributed by atoms with Crippen molar-refractivity contribution in [3.05, 3.63) is 73.4 Å². The highest BCUT2D eigenvalue weighted by atomic mass is 32.2. The number of rotatable bonds is 4. The number of benzene rings is 1. The monoisotopic (exact) mass is 373 g/mol. The molecule has 3 aromatic heterocycles. The maximum Gasteiger partial charge on any atom is 0.234 e. The van der Waals surface area contributed by atoms with Crippen LogP contribution in [0.4, 0.5) is 0 Å². The lowest BCUT2D eigenvalue weighted by Crippen LogP contribution is -2.10. The summed E-state index contributed by atoms with van der Waals surface area (Å²) in [7, 11) is 0. The summed E-state index contributed by atoms with van der Waals surface area (Å²) in [6, 6.07) is 16.9. The van der Waals surface area contributed by atoms with Gasteiger partial charge in [0.15, 0.2) is 0 Å². The summed E-state index contributed by atoms with van der Waals surface area (Å²) in [6.45, 7) is 0. The third kappa shape index (κ3) is 2.96. The number of imidazole rings is 1. The van der Waals surface area contributed by atoms with Crippen LogP contribution in [-0.4, -0.2) is 35.6 Å². The lowest BCUT2D eigenvalue weighted by molar-refractivity contribution is 0.563. The molecule has 0 bridgehead atoms. The van der Waals surface area contributed by atoms with Gasteiger partial charge >= 0.3 is 0 Å². The fourth-order valence-corrected chi connectivity index (χ4v) is 4.81. The summed E-state index contributed by atoms with van der Waals surface area (Å²) in [5.74, 6) is 3.00. The molecule has 0 radical (unpaired) electrons. The normalized spacial score (nSPS) is 16.7. The van der Waals surface area contributed by atoms with E-state index >= 15 is 0 Å². The summed E-state index contributed by atoms with van der Waals surface area (Å²) < 4.78 is 4.39. The van der Waals surface area contributed by atoms with Crippen molar-refractivity contribution in [3.8, 4) is 28.6 Å². The van der Waals surface area contributed by atoms with Crippen LogP contribution in [0.3, 0.4) is 0 Å². The zero-order chi connectivity index (χ0) is 18.1. The van der Waals surface area contributed by atoms with Gasteiger partial charge in [-0.05, 0) is 30.4 Å². The minimum Gasteiger partial charge on any atom is -0.325 e. The number of hydrogen-bond donors (Lipinski definition) is 0. The highest BCUT2D eigenvalue weighted by Gasteiger charge is 2.25. The van der Waals surface area contributed by atoms with Crippen molar-refractivity contribution >= 4 is 11.8 Å². The largest absolute Gasteiger partial charge is 0.325 e. The van der Waals surface area contributed by atoms with Gasteiger partial charge in [-0.15, -0.1) is 0 Å². The number of thioether (sulfide) groups is 1. The van der Waals surface area contributed by atoms with Crippen molar-refractivity contribution in [2.75, 3.05) is 11.5 Å². The van der Waals surface area contributed by atoms with Crippen LogP contribution in [0.5, 0.6) is 0 Å². The number of aromatic nitrogens is 5. The van der Waals surface area contributed by atoms with Crippen LogP contribution in [0.2, 0.25) is 0 Å². The first-order valence-corrected chi connectivity index (χ1v) is 10.2. The molecule has 1 saturated heterocycles. The SMILES string of the molecule is c1ccc(-c2ncn([C@@H]3CCSC3)c2-c2cccn2-c2ncccn2)cc1. The molecule has 134 valence electrons. The predicted octanol–water partition coefficient (Wildman–Crippen LogP) is 4.48. The van der Waals surface area contributed by atoms with Crippen molar-refractivity contribution < 1.29 is 0 Å². The van der Waals surface area contributed by atoms with E-state index in [2.05, 4.69) is 44.9 Å². The van der Waals surface area contributed by atoms with Gasteiger partial charge in [-0.3, -0.25) is 4.57 Å². The standard InChI is InChI=1S/C21H19N5S/c1-2-6-16(7-3-1)19-20(26(15-24-19)17-9-13-27-14-17)18-8-4-12-25(18)21-22-10-5-11-23-21/h1-8,10-12,15,17H,9,13-14H2/t17-/m1/s1. The van der Waals surface area contributed by atoms with Crippen molar-refractivity contribution in [1.29, 1.82) is 0 Å². The molecule has 1 aromatic carbocycles. The zero-order valence-corrected chi connectivity index (χ0v) is 15.6. The second-order valence-electron chi connectivity index (χ2n) is 6.54. The zero-order valence-electron chi connectivity index (χ0n) is 14.8. The molecule has 0 unspecified atom stereocenters. The quantitative estimate of drug-likeness (QED) is 0.529. The van der Waals surface area contributed by atoms with E-state index in [1.54, 1.807) is 12.4 Å². The van der Waals surface area contributed by atoms with Crippen LogP contribution >= 0.6 is 11.8 Å². The molecule has 1 fully saturated rings. The Balaban J connectivity index is 1.72. The molecule has 0 aliphatic carbocycles. The first-order chi connectivity index (χ1) is 13.4. The fourth-order valence-electron chi connectivity index (χ4n) is 3.60. The van der Waals surface area contributed by atoms with E-state index in [1.807, 2.05) is 47.1 Å². The summed E-state index contributed by atoms with van der Waals surface area (Å²) in [5.41, 5.74) is 4.32. The van der Waals surface area contributed by atoms with Crippen LogP contribution in [-0.2, 0) is 0 Å². The molecular weight excluding hydrogens is 354 g/mol. The smallest absolute Gasteiger partial charge is 0.234 e. The molecular formula is C21H19N5S. The third-order valence-electron chi connectivity index (χ3n) is 4.90. The van der Waals surface area contributed by atoms with E-state index in [-0.39, 0.29) is 0 Å². The number of nitrogens with zero attached hydrogens (tertiary/aromatic N) is 5. The summed E-state index contributed by atoms with van der Waals surface area (Å²) in [4.78, 5) is 13.7. The van der Waals surface area contributed by atoms with E-state index in [1.165, 1.54) is 12.2 Å². The molecule has 0 amide bonds. The van der Waals surface area contributed by atoms with Gasteiger partial charge in [0.2, 0.25) is 5.95 Å². The first-order valence-electron chi connectivity index (χ1n) is 9.07. The molecule has 5 nitrogen and oxygen atoms in total. The second-order valence-corrected chi connectivity index (χ2v) is 7.69. The van der Waals surface area contributed by atoms with Gasteiger partial charge in [0.25, 0.3) is 0 Å². The van der Waals surface area contributed by atoms with E-state index in [4.69, 9.17) is 4.98 Å². The van der Waals surface area contributed by atoms with Gasteiger partial charge in [0.05, 0.1) is 23.4 Å². The minimum atomic E-state index is 0.468. The molecule has 1 atom stereocenters. The predicted molar refractivity (Wildman–Crippen MR) is 109 cm³/mol. The number of hydrogen-bond acceptors (Lipinski definition) is 4.